The molecule has 92 valence electrons. The molecule has 0 unspecified atom stereocenters. The van der Waals surface area contributed by atoms with Gasteiger partial charge in [0.1, 0.15) is 5.69 Å². The predicted octanol–water partition coefficient (Wildman–Crippen LogP) is 1.65. The highest BCUT2D eigenvalue weighted by molar-refractivity contribution is 5.93. The highest BCUT2D eigenvalue weighted by Gasteiger charge is 2.49. The van der Waals surface area contributed by atoms with E-state index in [-0.39, 0.29) is 18.1 Å². The van der Waals surface area contributed by atoms with Gasteiger partial charge in [0, 0.05) is 25.3 Å². The number of amides is 1. The molecule has 2 heterocycles. The number of aromatic amines is 1. The van der Waals surface area contributed by atoms with Crippen molar-refractivity contribution in [1.29, 1.82) is 0 Å². The van der Waals surface area contributed by atoms with E-state index in [2.05, 4.69) is 4.98 Å². The molecular weight excluding hydrogens is 216 g/mol. The molecule has 1 saturated carbocycles. The first-order chi connectivity index (χ1) is 8.31. The normalized spacial score (nSPS) is 31.1. The molecule has 1 aliphatic carbocycles. The van der Waals surface area contributed by atoms with Gasteiger partial charge in [0.2, 0.25) is 0 Å². The van der Waals surface area contributed by atoms with E-state index in [0.29, 0.717) is 11.6 Å². The Morgan fingerprint density at radius 2 is 2.47 bits per heavy atom. The van der Waals surface area contributed by atoms with Crippen LogP contribution in [0.5, 0.6) is 0 Å². The molecule has 1 N–H and O–H groups in total. The number of fused-ring (bicyclic) bond motifs is 2. The lowest BCUT2D eigenvalue weighted by molar-refractivity contribution is 0.0331. The molecule has 17 heavy (non-hydrogen) atoms. The average molecular weight is 234 g/mol. The van der Waals surface area contributed by atoms with E-state index < -0.39 is 0 Å². The Morgan fingerprint density at radius 1 is 1.59 bits per heavy atom. The summed E-state index contributed by atoms with van der Waals surface area (Å²) in [6.07, 6.45) is 4.34. The van der Waals surface area contributed by atoms with Crippen molar-refractivity contribution in [3.8, 4) is 0 Å². The van der Waals surface area contributed by atoms with E-state index in [0.717, 1.165) is 19.6 Å². The molecular formula is C13H18N2O2. The number of hydrogen-bond donors (Lipinski definition) is 1. The summed E-state index contributed by atoms with van der Waals surface area (Å²) in [6.45, 7) is 3.62. The number of ether oxygens (including phenoxy) is 1. The summed E-state index contributed by atoms with van der Waals surface area (Å²) in [5, 5.41) is 0. The van der Waals surface area contributed by atoms with Crippen LogP contribution in [-0.4, -0.2) is 41.1 Å². The lowest BCUT2D eigenvalue weighted by atomic mass is 10.1. The maximum Gasteiger partial charge on any atom is 0.270 e. The topological polar surface area (TPSA) is 45.3 Å². The second kappa shape index (κ2) is 4.18. The van der Waals surface area contributed by atoms with Crippen LogP contribution in [0.2, 0.25) is 0 Å². The maximum atomic E-state index is 12.3. The van der Waals surface area contributed by atoms with E-state index in [1.807, 2.05) is 24.0 Å². The SMILES string of the molecule is CCO[C@H]1[C@H]2CC[C@H]1N(C(=O)c1ccc[nH]1)C2. The van der Waals surface area contributed by atoms with E-state index in [9.17, 15) is 4.79 Å². The zero-order valence-electron chi connectivity index (χ0n) is 10.1. The quantitative estimate of drug-likeness (QED) is 0.864. The average Bonchev–Trinajstić information content (AvgIpc) is 3.04. The number of hydrogen-bond acceptors (Lipinski definition) is 2. The fourth-order valence-corrected chi connectivity index (χ4v) is 3.24. The molecule has 0 aromatic carbocycles. The van der Waals surface area contributed by atoms with Gasteiger partial charge in [-0.15, -0.1) is 0 Å². The summed E-state index contributed by atoms with van der Waals surface area (Å²) in [7, 11) is 0. The van der Waals surface area contributed by atoms with Crippen LogP contribution in [-0.2, 0) is 4.74 Å². The summed E-state index contributed by atoms with van der Waals surface area (Å²) in [6, 6.07) is 3.99. The number of piperidine rings is 1. The lowest BCUT2D eigenvalue weighted by Crippen LogP contribution is -2.40. The summed E-state index contributed by atoms with van der Waals surface area (Å²) >= 11 is 0. The molecule has 1 saturated heterocycles. The number of carbonyl (C=O) groups excluding carboxylic acids is 1. The van der Waals surface area contributed by atoms with Crippen molar-refractivity contribution in [2.45, 2.75) is 31.9 Å². The third kappa shape index (κ3) is 1.67. The van der Waals surface area contributed by atoms with Crippen LogP contribution in [0, 0.1) is 5.92 Å². The molecule has 2 aliphatic rings. The Morgan fingerprint density at radius 3 is 3.18 bits per heavy atom. The second-order valence-electron chi connectivity index (χ2n) is 4.87. The molecule has 3 atom stereocenters. The number of nitrogens with one attached hydrogen (secondary N) is 1. The molecule has 4 heteroatoms. The van der Waals surface area contributed by atoms with Gasteiger partial charge < -0.3 is 14.6 Å². The van der Waals surface area contributed by atoms with Crippen molar-refractivity contribution in [3.05, 3.63) is 24.0 Å². The van der Waals surface area contributed by atoms with Crippen molar-refractivity contribution in [2.75, 3.05) is 13.2 Å². The Balaban J connectivity index is 1.76. The minimum Gasteiger partial charge on any atom is -0.376 e. The van der Waals surface area contributed by atoms with Gasteiger partial charge in [0.05, 0.1) is 12.1 Å². The van der Waals surface area contributed by atoms with E-state index in [1.54, 1.807) is 6.20 Å². The van der Waals surface area contributed by atoms with Gasteiger partial charge in [-0.3, -0.25) is 4.79 Å². The van der Waals surface area contributed by atoms with E-state index in [4.69, 9.17) is 4.74 Å². The minimum absolute atomic E-state index is 0.118. The summed E-state index contributed by atoms with van der Waals surface area (Å²) < 4.78 is 5.78. The molecule has 1 aromatic rings. The Hall–Kier alpha value is -1.29. The molecule has 1 aromatic heterocycles. The molecule has 0 spiro atoms. The predicted molar refractivity (Wildman–Crippen MR) is 63.8 cm³/mol. The Kier molecular flexibility index (Phi) is 2.67. The molecule has 0 radical (unpaired) electrons. The van der Waals surface area contributed by atoms with E-state index >= 15 is 0 Å². The van der Waals surface area contributed by atoms with Crippen LogP contribution in [0.15, 0.2) is 18.3 Å². The van der Waals surface area contributed by atoms with Crippen molar-refractivity contribution < 1.29 is 9.53 Å². The van der Waals surface area contributed by atoms with Gasteiger partial charge in [0.25, 0.3) is 5.91 Å². The summed E-state index contributed by atoms with van der Waals surface area (Å²) in [4.78, 5) is 17.3. The highest BCUT2D eigenvalue weighted by Crippen LogP contribution is 2.40. The van der Waals surface area contributed by atoms with Crippen LogP contribution in [0.1, 0.15) is 30.3 Å². The second-order valence-corrected chi connectivity index (χ2v) is 4.87. The van der Waals surface area contributed by atoms with Crippen LogP contribution in [0.4, 0.5) is 0 Å². The van der Waals surface area contributed by atoms with Crippen LogP contribution >= 0.6 is 0 Å². The van der Waals surface area contributed by atoms with Gasteiger partial charge in [-0.05, 0) is 31.9 Å². The van der Waals surface area contributed by atoms with Crippen molar-refractivity contribution in [1.82, 2.24) is 9.88 Å². The van der Waals surface area contributed by atoms with E-state index in [1.165, 1.54) is 6.42 Å². The number of rotatable bonds is 3. The van der Waals surface area contributed by atoms with Gasteiger partial charge in [-0.25, -0.2) is 0 Å². The zero-order valence-corrected chi connectivity index (χ0v) is 10.1. The lowest BCUT2D eigenvalue weighted by Gasteiger charge is -2.26. The first-order valence-corrected chi connectivity index (χ1v) is 6.37. The smallest absolute Gasteiger partial charge is 0.270 e. The number of nitrogens with zero attached hydrogens (tertiary/aromatic N) is 1. The number of carbonyl (C=O) groups is 1. The largest absolute Gasteiger partial charge is 0.376 e. The number of aromatic nitrogens is 1. The number of likely N-dealkylation sites (tertiary alicyclic amines) is 1. The highest BCUT2D eigenvalue weighted by atomic mass is 16.5. The molecule has 2 fully saturated rings. The monoisotopic (exact) mass is 234 g/mol. The molecule has 3 rings (SSSR count). The summed E-state index contributed by atoms with van der Waals surface area (Å²) in [5.41, 5.74) is 0.688. The third-order valence-corrected chi connectivity index (χ3v) is 3.96. The molecule has 1 aliphatic heterocycles. The standard InChI is InChI=1S/C13H18N2O2/c1-2-17-12-9-5-6-11(12)15(8-9)13(16)10-4-3-7-14-10/h3-4,7,9,11-12,14H,2,5-6,8H2,1H3/t9-,11+,12-/m0/s1. The van der Waals surface area contributed by atoms with Gasteiger partial charge in [-0.2, -0.15) is 0 Å². The van der Waals surface area contributed by atoms with Crippen molar-refractivity contribution in [3.63, 3.8) is 0 Å². The molecule has 2 bridgehead atoms. The van der Waals surface area contributed by atoms with Crippen LogP contribution in [0.25, 0.3) is 0 Å². The third-order valence-electron chi connectivity index (χ3n) is 3.96. The summed E-state index contributed by atoms with van der Waals surface area (Å²) in [5.74, 6) is 0.658. The first kappa shape index (κ1) is 10.8. The Labute approximate surface area is 101 Å². The first-order valence-electron chi connectivity index (χ1n) is 6.37. The molecule has 4 nitrogen and oxygen atoms in total. The van der Waals surface area contributed by atoms with Crippen LogP contribution < -0.4 is 0 Å². The zero-order chi connectivity index (χ0) is 11.8. The van der Waals surface area contributed by atoms with Crippen molar-refractivity contribution in [2.24, 2.45) is 5.92 Å². The maximum absolute atomic E-state index is 12.3. The molecule has 1 amide bonds. The fraction of sp³-hybridized carbons (Fsp3) is 0.615. The van der Waals surface area contributed by atoms with Crippen molar-refractivity contribution >= 4 is 5.91 Å². The number of H-pyrrole nitrogens is 1. The minimum atomic E-state index is 0.118. The van der Waals surface area contributed by atoms with Gasteiger partial charge in [-0.1, -0.05) is 0 Å². The van der Waals surface area contributed by atoms with Gasteiger partial charge in [0.15, 0.2) is 0 Å². The fourth-order valence-electron chi connectivity index (χ4n) is 3.24. The Bertz CT molecular complexity index is 402. The van der Waals surface area contributed by atoms with Gasteiger partial charge >= 0.3 is 0 Å². The van der Waals surface area contributed by atoms with Crippen LogP contribution in [0.3, 0.4) is 0 Å².